The summed E-state index contributed by atoms with van der Waals surface area (Å²) in [6, 6.07) is 6.37. The van der Waals surface area contributed by atoms with Crippen LogP contribution in [0.5, 0.6) is 5.75 Å². The van der Waals surface area contributed by atoms with Gasteiger partial charge in [0.1, 0.15) is 5.75 Å². The Balaban J connectivity index is 2.22. The molecule has 0 amide bonds. The maximum absolute atomic E-state index is 11.7. The number of ketones is 1. The zero-order valence-corrected chi connectivity index (χ0v) is 14.0. The van der Waals surface area contributed by atoms with Crippen LogP contribution in [0.1, 0.15) is 49.5 Å². The van der Waals surface area contributed by atoms with E-state index in [1.807, 2.05) is 25.1 Å². The first-order chi connectivity index (χ1) is 10.7. The lowest BCUT2D eigenvalue weighted by Crippen LogP contribution is -2.37. The van der Waals surface area contributed by atoms with Crippen LogP contribution < -0.4 is 10.1 Å². The molecule has 1 aromatic rings. The van der Waals surface area contributed by atoms with E-state index in [1.165, 1.54) is 6.42 Å². The first-order valence-corrected chi connectivity index (χ1v) is 8.37. The van der Waals surface area contributed by atoms with Crippen molar-refractivity contribution in [2.24, 2.45) is 0 Å². The van der Waals surface area contributed by atoms with Crippen molar-refractivity contribution in [2.45, 2.75) is 46.2 Å². The summed E-state index contributed by atoms with van der Waals surface area (Å²) in [7, 11) is 0. The highest BCUT2D eigenvalue weighted by Crippen LogP contribution is 2.24. The van der Waals surface area contributed by atoms with E-state index in [0.717, 1.165) is 49.5 Å². The maximum atomic E-state index is 11.7. The second-order valence-corrected chi connectivity index (χ2v) is 5.93. The standard InChI is InChI=1S/C18H28N2O2/c1-4-10-20(17-8-9-19-12-17)13-16-11-15(14(3)21)6-7-18(16)22-5-2/h6-7,11,17,19H,4-5,8-10,12-13H2,1-3H3. The highest BCUT2D eigenvalue weighted by Gasteiger charge is 2.23. The molecule has 122 valence electrons. The Kier molecular flexibility index (Phi) is 6.40. The zero-order chi connectivity index (χ0) is 15.9. The lowest BCUT2D eigenvalue weighted by molar-refractivity contribution is 0.101. The fraction of sp³-hybridized carbons (Fsp3) is 0.611. The summed E-state index contributed by atoms with van der Waals surface area (Å²) in [6.07, 6.45) is 2.32. The van der Waals surface area contributed by atoms with Crippen molar-refractivity contribution in [1.82, 2.24) is 10.2 Å². The molecule has 2 rings (SSSR count). The summed E-state index contributed by atoms with van der Waals surface area (Å²) < 4.78 is 5.76. The highest BCUT2D eigenvalue weighted by atomic mass is 16.5. The molecule has 1 aromatic carbocycles. The topological polar surface area (TPSA) is 41.6 Å². The minimum absolute atomic E-state index is 0.105. The average Bonchev–Trinajstić information content (AvgIpc) is 3.02. The van der Waals surface area contributed by atoms with Crippen LogP contribution in [0.15, 0.2) is 18.2 Å². The largest absolute Gasteiger partial charge is 0.494 e. The van der Waals surface area contributed by atoms with Gasteiger partial charge < -0.3 is 10.1 Å². The normalized spacial score (nSPS) is 17.9. The molecule has 1 atom stereocenters. The third kappa shape index (κ3) is 4.31. The first kappa shape index (κ1) is 17.0. The van der Waals surface area contributed by atoms with Crippen molar-refractivity contribution in [3.8, 4) is 5.75 Å². The van der Waals surface area contributed by atoms with Crippen LogP contribution in [0.3, 0.4) is 0 Å². The number of benzene rings is 1. The molecule has 1 unspecified atom stereocenters. The molecule has 22 heavy (non-hydrogen) atoms. The number of ether oxygens (including phenoxy) is 1. The molecule has 4 heteroatoms. The van der Waals surface area contributed by atoms with Gasteiger partial charge >= 0.3 is 0 Å². The first-order valence-electron chi connectivity index (χ1n) is 8.37. The van der Waals surface area contributed by atoms with Crippen molar-refractivity contribution in [1.29, 1.82) is 0 Å². The molecule has 0 aromatic heterocycles. The summed E-state index contributed by atoms with van der Waals surface area (Å²) in [5.41, 5.74) is 1.88. The summed E-state index contributed by atoms with van der Waals surface area (Å²) >= 11 is 0. The number of nitrogens with one attached hydrogen (secondary N) is 1. The van der Waals surface area contributed by atoms with Crippen LogP contribution in [0.25, 0.3) is 0 Å². The molecular weight excluding hydrogens is 276 g/mol. The second-order valence-electron chi connectivity index (χ2n) is 5.93. The average molecular weight is 304 g/mol. The molecule has 1 aliphatic rings. The van der Waals surface area contributed by atoms with Crippen molar-refractivity contribution in [3.05, 3.63) is 29.3 Å². The number of nitrogens with zero attached hydrogens (tertiary/aromatic N) is 1. The van der Waals surface area contributed by atoms with Gasteiger partial charge in [-0.15, -0.1) is 0 Å². The third-order valence-corrected chi connectivity index (χ3v) is 4.20. The van der Waals surface area contributed by atoms with E-state index in [4.69, 9.17) is 4.74 Å². The van der Waals surface area contributed by atoms with E-state index in [1.54, 1.807) is 6.92 Å². The summed E-state index contributed by atoms with van der Waals surface area (Å²) in [5, 5.41) is 3.44. The monoisotopic (exact) mass is 304 g/mol. The summed E-state index contributed by atoms with van der Waals surface area (Å²) in [4.78, 5) is 14.2. The van der Waals surface area contributed by atoms with Gasteiger partial charge in [0.2, 0.25) is 0 Å². The molecule has 1 aliphatic heterocycles. The Morgan fingerprint density at radius 3 is 2.82 bits per heavy atom. The maximum Gasteiger partial charge on any atom is 0.159 e. The molecular formula is C18H28N2O2. The predicted octanol–water partition coefficient (Wildman–Crippen LogP) is 2.86. The van der Waals surface area contributed by atoms with E-state index in [-0.39, 0.29) is 5.78 Å². The molecule has 1 N–H and O–H groups in total. The third-order valence-electron chi connectivity index (χ3n) is 4.20. The van der Waals surface area contributed by atoms with E-state index >= 15 is 0 Å². The van der Waals surface area contributed by atoms with Gasteiger partial charge in [-0.1, -0.05) is 6.92 Å². The zero-order valence-electron chi connectivity index (χ0n) is 14.0. The van der Waals surface area contributed by atoms with Gasteiger partial charge in [-0.05, 0) is 58.0 Å². The molecule has 1 saturated heterocycles. The number of carbonyl (C=O) groups is 1. The van der Waals surface area contributed by atoms with Crippen LogP contribution >= 0.6 is 0 Å². The predicted molar refractivity (Wildman–Crippen MR) is 89.6 cm³/mol. The quantitative estimate of drug-likeness (QED) is 0.750. The molecule has 0 bridgehead atoms. The fourth-order valence-corrected chi connectivity index (χ4v) is 3.07. The molecule has 4 nitrogen and oxygen atoms in total. The number of hydrogen-bond acceptors (Lipinski definition) is 4. The molecule has 0 radical (unpaired) electrons. The summed E-state index contributed by atoms with van der Waals surface area (Å²) in [5.74, 6) is 1.01. The second kappa shape index (κ2) is 8.30. The van der Waals surface area contributed by atoms with E-state index < -0.39 is 0 Å². The van der Waals surface area contributed by atoms with Crippen molar-refractivity contribution >= 4 is 5.78 Å². The van der Waals surface area contributed by atoms with Gasteiger partial charge in [0.25, 0.3) is 0 Å². The lowest BCUT2D eigenvalue weighted by Gasteiger charge is -2.28. The van der Waals surface area contributed by atoms with Crippen LogP contribution in [-0.2, 0) is 6.54 Å². The molecule has 0 spiro atoms. The Morgan fingerprint density at radius 1 is 1.41 bits per heavy atom. The Bertz CT molecular complexity index is 496. The Hall–Kier alpha value is -1.39. The summed E-state index contributed by atoms with van der Waals surface area (Å²) in [6.45, 7) is 10.5. The minimum atomic E-state index is 0.105. The fourth-order valence-electron chi connectivity index (χ4n) is 3.07. The Labute approximate surface area is 133 Å². The van der Waals surface area contributed by atoms with Gasteiger partial charge in [0, 0.05) is 30.3 Å². The van der Waals surface area contributed by atoms with E-state index in [2.05, 4.69) is 17.1 Å². The van der Waals surface area contributed by atoms with Gasteiger partial charge in [-0.2, -0.15) is 0 Å². The van der Waals surface area contributed by atoms with Crippen LogP contribution in [-0.4, -0.2) is 43.0 Å². The van der Waals surface area contributed by atoms with Crippen molar-refractivity contribution < 1.29 is 9.53 Å². The van der Waals surface area contributed by atoms with Crippen LogP contribution in [0.4, 0.5) is 0 Å². The Morgan fingerprint density at radius 2 is 2.23 bits per heavy atom. The van der Waals surface area contributed by atoms with Gasteiger partial charge in [0.15, 0.2) is 5.78 Å². The number of carbonyl (C=O) groups excluding carboxylic acids is 1. The van der Waals surface area contributed by atoms with Crippen LogP contribution in [0.2, 0.25) is 0 Å². The molecule has 1 fully saturated rings. The van der Waals surface area contributed by atoms with Gasteiger partial charge in [-0.25, -0.2) is 0 Å². The van der Waals surface area contributed by atoms with Gasteiger partial charge in [-0.3, -0.25) is 9.69 Å². The number of rotatable bonds is 8. The van der Waals surface area contributed by atoms with Crippen LogP contribution in [0, 0.1) is 0 Å². The molecule has 0 aliphatic carbocycles. The van der Waals surface area contributed by atoms with E-state index in [0.29, 0.717) is 12.6 Å². The number of Topliss-reactive ketones (excluding diaryl/α,β-unsaturated/α-hetero) is 1. The van der Waals surface area contributed by atoms with Gasteiger partial charge in [0.05, 0.1) is 6.61 Å². The smallest absolute Gasteiger partial charge is 0.159 e. The minimum Gasteiger partial charge on any atom is -0.494 e. The van der Waals surface area contributed by atoms with Crippen molar-refractivity contribution in [2.75, 3.05) is 26.2 Å². The molecule has 1 heterocycles. The van der Waals surface area contributed by atoms with E-state index in [9.17, 15) is 4.79 Å². The SMILES string of the molecule is CCCN(Cc1cc(C(C)=O)ccc1OCC)C1CCNC1. The molecule has 0 saturated carbocycles. The van der Waals surface area contributed by atoms with Crippen molar-refractivity contribution in [3.63, 3.8) is 0 Å². The number of hydrogen-bond donors (Lipinski definition) is 1. The lowest BCUT2D eigenvalue weighted by atomic mass is 10.1. The highest BCUT2D eigenvalue weighted by molar-refractivity contribution is 5.94.